The van der Waals surface area contributed by atoms with E-state index in [1.807, 2.05) is 6.07 Å². The molecule has 1 aromatic carbocycles. The van der Waals surface area contributed by atoms with E-state index >= 15 is 0 Å². The van der Waals surface area contributed by atoms with Crippen LogP contribution in [0.5, 0.6) is 0 Å². The SMILES string of the molecule is Cn1c(C#N)ccc1-c1ccc(SN)cc1F. The molecule has 17 heavy (non-hydrogen) atoms. The number of nitrogens with zero attached hydrogens (tertiary/aromatic N) is 2. The fourth-order valence-electron chi connectivity index (χ4n) is 1.67. The maximum absolute atomic E-state index is 13.9. The number of hydrogen-bond donors (Lipinski definition) is 1. The van der Waals surface area contributed by atoms with Crippen LogP contribution in [0.4, 0.5) is 4.39 Å². The summed E-state index contributed by atoms with van der Waals surface area (Å²) in [6.07, 6.45) is 0. The molecule has 0 amide bonds. The molecule has 0 aliphatic heterocycles. The molecule has 0 bridgehead atoms. The molecule has 2 aromatic rings. The van der Waals surface area contributed by atoms with E-state index in [9.17, 15) is 4.39 Å². The minimum atomic E-state index is -0.342. The third-order valence-corrected chi connectivity index (χ3v) is 3.12. The van der Waals surface area contributed by atoms with Crippen LogP contribution in [0.2, 0.25) is 0 Å². The van der Waals surface area contributed by atoms with Crippen LogP contribution in [0.25, 0.3) is 11.3 Å². The topological polar surface area (TPSA) is 54.7 Å². The summed E-state index contributed by atoms with van der Waals surface area (Å²) in [7, 11) is 1.74. The first kappa shape index (κ1) is 11.7. The van der Waals surface area contributed by atoms with Crippen LogP contribution in [-0.4, -0.2) is 4.57 Å². The average molecular weight is 247 g/mol. The standard InChI is InChI=1S/C12H10FN3S/c1-16-8(7-14)2-5-12(16)10-4-3-9(17-15)6-11(10)13/h2-6H,15H2,1H3. The van der Waals surface area contributed by atoms with Crippen molar-refractivity contribution in [2.75, 3.05) is 0 Å². The van der Waals surface area contributed by atoms with Gasteiger partial charge in [0.05, 0.1) is 5.69 Å². The Morgan fingerprint density at radius 1 is 1.35 bits per heavy atom. The second-order valence-electron chi connectivity index (χ2n) is 3.53. The zero-order valence-corrected chi connectivity index (χ0v) is 9.96. The Morgan fingerprint density at radius 2 is 2.12 bits per heavy atom. The van der Waals surface area contributed by atoms with Crippen molar-refractivity contribution in [1.82, 2.24) is 4.57 Å². The predicted octanol–water partition coefficient (Wildman–Crippen LogP) is 2.67. The Hall–Kier alpha value is -1.77. The zero-order chi connectivity index (χ0) is 12.4. The van der Waals surface area contributed by atoms with E-state index < -0.39 is 0 Å². The van der Waals surface area contributed by atoms with Gasteiger partial charge < -0.3 is 4.57 Å². The highest BCUT2D eigenvalue weighted by Crippen LogP contribution is 2.26. The Morgan fingerprint density at radius 3 is 2.65 bits per heavy atom. The summed E-state index contributed by atoms with van der Waals surface area (Å²) in [6, 6.07) is 10.2. The molecule has 1 aromatic heterocycles. The second kappa shape index (κ2) is 4.62. The van der Waals surface area contributed by atoms with E-state index in [-0.39, 0.29) is 5.82 Å². The molecule has 0 aliphatic carbocycles. The highest BCUT2D eigenvalue weighted by molar-refractivity contribution is 7.97. The molecule has 1 heterocycles. The van der Waals surface area contributed by atoms with Gasteiger partial charge in [-0.15, -0.1) is 0 Å². The van der Waals surface area contributed by atoms with Crippen molar-refractivity contribution in [3.8, 4) is 17.3 Å². The highest BCUT2D eigenvalue weighted by Gasteiger charge is 2.11. The van der Waals surface area contributed by atoms with Gasteiger partial charge >= 0.3 is 0 Å². The number of nitrogens with two attached hydrogens (primary N) is 1. The van der Waals surface area contributed by atoms with Gasteiger partial charge in [-0.3, -0.25) is 5.14 Å². The highest BCUT2D eigenvalue weighted by atomic mass is 32.2. The lowest BCUT2D eigenvalue weighted by Gasteiger charge is -2.06. The molecule has 0 atom stereocenters. The number of rotatable bonds is 2. The minimum Gasteiger partial charge on any atom is -0.335 e. The van der Waals surface area contributed by atoms with E-state index in [0.717, 1.165) is 11.9 Å². The number of nitriles is 1. The van der Waals surface area contributed by atoms with Gasteiger partial charge in [-0.05, 0) is 42.3 Å². The van der Waals surface area contributed by atoms with E-state index in [1.54, 1.807) is 35.9 Å². The van der Waals surface area contributed by atoms with Crippen molar-refractivity contribution in [2.45, 2.75) is 4.90 Å². The van der Waals surface area contributed by atoms with Gasteiger partial charge in [0.25, 0.3) is 0 Å². The Balaban J connectivity index is 2.54. The molecule has 5 heteroatoms. The van der Waals surface area contributed by atoms with Crippen LogP contribution in [0.3, 0.4) is 0 Å². The Kier molecular flexibility index (Phi) is 3.18. The van der Waals surface area contributed by atoms with E-state index in [1.165, 1.54) is 6.07 Å². The molecule has 2 N–H and O–H groups in total. The van der Waals surface area contributed by atoms with Gasteiger partial charge in [0, 0.05) is 17.5 Å². The number of hydrogen-bond acceptors (Lipinski definition) is 3. The van der Waals surface area contributed by atoms with Crippen molar-refractivity contribution in [2.24, 2.45) is 12.2 Å². The molecule has 2 rings (SSSR count). The summed E-state index contributed by atoms with van der Waals surface area (Å²) in [5.74, 6) is -0.342. The van der Waals surface area contributed by atoms with Gasteiger partial charge in [0.2, 0.25) is 0 Å². The third-order valence-electron chi connectivity index (χ3n) is 2.59. The zero-order valence-electron chi connectivity index (χ0n) is 9.14. The fourth-order valence-corrected chi connectivity index (χ4v) is 1.99. The molecular weight excluding hydrogens is 237 g/mol. The first-order valence-corrected chi connectivity index (χ1v) is 5.78. The summed E-state index contributed by atoms with van der Waals surface area (Å²) < 4.78 is 15.5. The van der Waals surface area contributed by atoms with E-state index in [0.29, 0.717) is 21.8 Å². The predicted molar refractivity (Wildman–Crippen MR) is 65.6 cm³/mol. The number of halogens is 1. The average Bonchev–Trinajstić information content (AvgIpc) is 2.70. The molecular formula is C12H10FN3S. The lowest BCUT2D eigenvalue weighted by atomic mass is 10.1. The number of aromatic nitrogens is 1. The maximum atomic E-state index is 13.9. The van der Waals surface area contributed by atoms with Crippen LogP contribution < -0.4 is 5.14 Å². The molecule has 0 saturated heterocycles. The summed E-state index contributed by atoms with van der Waals surface area (Å²) in [6.45, 7) is 0. The second-order valence-corrected chi connectivity index (χ2v) is 4.24. The number of benzene rings is 1. The smallest absolute Gasteiger partial charge is 0.133 e. The molecule has 3 nitrogen and oxygen atoms in total. The molecule has 86 valence electrons. The van der Waals surface area contributed by atoms with Gasteiger partial charge in [-0.25, -0.2) is 4.39 Å². The maximum Gasteiger partial charge on any atom is 0.133 e. The van der Waals surface area contributed by atoms with Crippen LogP contribution in [-0.2, 0) is 7.05 Å². The van der Waals surface area contributed by atoms with Gasteiger partial charge in [-0.1, -0.05) is 0 Å². The Labute approximate surface area is 103 Å². The summed E-state index contributed by atoms with van der Waals surface area (Å²) in [5.41, 5.74) is 1.64. The van der Waals surface area contributed by atoms with Crippen molar-refractivity contribution >= 4 is 11.9 Å². The first-order valence-electron chi connectivity index (χ1n) is 4.90. The largest absolute Gasteiger partial charge is 0.335 e. The monoisotopic (exact) mass is 247 g/mol. The molecule has 0 spiro atoms. The summed E-state index contributed by atoms with van der Waals surface area (Å²) >= 11 is 1.00. The normalized spacial score (nSPS) is 10.2. The van der Waals surface area contributed by atoms with Gasteiger partial charge in [0.15, 0.2) is 0 Å². The molecule has 0 unspecified atom stereocenters. The van der Waals surface area contributed by atoms with E-state index in [2.05, 4.69) is 0 Å². The lowest BCUT2D eigenvalue weighted by molar-refractivity contribution is 0.626. The summed E-state index contributed by atoms with van der Waals surface area (Å²) in [4.78, 5) is 0.668. The van der Waals surface area contributed by atoms with Gasteiger partial charge in [-0.2, -0.15) is 5.26 Å². The first-order chi connectivity index (χ1) is 8.17. The van der Waals surface area contributed by atoms with Crippen molar-refractivity contribution in [3.63, 3.8) is 0 Å². The summed E-state index contributed by atoms with van der Waals surface area (Å²) in [5, 5.41) is 14.2. The van der Waals surface area contributed by atoms with Crippen LogP contribution in [0, 0.1) is 17.1 Å². The fraction of sp³-hybridized carbons (Fsp3) is 0.0833. The van der Waals surface area contributed by atoms with Crippen molar-refractivity contribution in [1.29, 1.82) is 5.26 Å². The minimum absolute atomic E-state index is 0.342. The van der Waals surface area contributed by atoms with Crippen molar-refractivity contribution < 1.29 is 4.39 Å². The van der Waals surface area contributed by atoms with E-state index in [4.69, 9.17) is 10.4 Å². The molecule has 0 fully saturated rings. The van der Waals surface area contributed by atoms with Gasteiger partial charge in [0.1, 0.15) is 17.6 Å². The third kappa shape index (κ3) is 2.05. The molecule has 0 radical (unpaired) electrons. The van der Waals surface area contributed by atoms with Crippen LogP contribution >= 0.6 is 11.9 Å². The lowest BCUT2D eigenvalue weighted by Crippen LogP contribution is -1.96. The molecule has 0 saturated carbocycles. The van der Waals surface area contributed by atoms with Crippen LogP contribution in [0.1, 0.15) is 5.69 Å². The van der Waals surface area contributed by atoms with Crippen molar-refractivity contribution in [3.05, 3.63) is 41.8 Å². The quantitative estimate of drug-likeness (QED) is 0.830. The van der Waals surface area contributed by atoms with Crippen LogP contribution in [0.15, 0.2) is 35.2 Å². The Bertz CT molecular complexity index is 598. The molecule has 0 aliphatic rings.